The van der Waals surface area contributed by atoms with E-state index in [2.05, 4.69) is 34.5 Å². The summed E-state index contributed by atoms with van der Waals surface area (Å²) in [6.07, 6.45) is -3.13. The average molecular weight is 504 g/mol. The maximum Gasteiger partial charge on any atom is 0.481 e. The smallest absolute Gasteiger partial charge is 0.394 e. The summed E-state index contributed by atoms with van der Waals surface area (Å²) in [6, 6.07) is -0.338. The maximum atomic E-state index is 11.8. The lowest BCUT2D eigenvalue weighted by molar-refractivity contribution is -0.0458. The second kappa shape index (κ2) is 12.3. The summed E-state index contributed by atoms with van der Waals surface area (Å²) < 4.78 is 36.7. The van der Waals surface area contributed by atoms with Crippen LogP contribution in [0.5, 0.6) is 0 Å². The third-order valence-corrected chi connectivity index (χ3v) is 6.69. The molecular weight excluding hydrogens is 474 g/mol. The van der Waals surface area contributed by atoms with Crippen LogP contribution in [0.15, 0.2) is 21.9 Å². The van der Waals surface area contributed by atoms with Crippen LogP contribution in [-0.2, 0) is 22.7 Å². The molecule has 1 unspecified atom stereocenters. The van der Waals surface area contributed by atoms with E-state index in [0.717, 1.165) is 16.8 Å². The number of H-pyrrole nitrogens is 1. The van der Waals surface area contributed by atoms with Gasteiger partial charge in [0.25, 0.3) is 5.56 Å². The molecule has 0 aliphatic carbocycles. The second-order valence-electron chi connectivity index (χ2n) is 6.57. The number of phosphoric ester groups is 1. The predicted molar refractivity (Wildman–Crippen MR) is 112 cm³/mol. The van der Waals surface area contributed by atoms with E-state index >= 15 is 0 Å². The molecule has 15 nitrogen and oxygen atoms in total. The summed E-state index contributed by atoms with van der Waals surface area (Å²) in [5, 5.41) is 9.29. The fraction of sp³-hybridized carbons (Fsp3) is 0.733. The number of hydrogen-bond donors (Lipinski definition) is 6. The van der Waals surface area contributed by atoms with E-state index in [1.807, 2.05) is 4.98 Å². The van der Waals surface area contributed by atoms with Crippen molar-refractivity contribution in [2.45, 2.75) is 45.2 Å². The number of nitrogens with zero attached hydrogens (tertiary/aromatic N) is 2. The van der Waals surface area contributed by atoms with Gasteiger partial charge >= 0.3 is 21.3 Å². The SMILES string of the molecule is CCN(CC)CC.N[C@@H]1[C@H](OP(=O)(O)OP(=O)(O)O)[C@@H](CO)O[C@H]1n1ccc(=O)[nH]c1=O. The van der Waals surface area contributed by atoms with Crippen LogP contribution in [0, 0.1) is 0 Å². The summed E-state index contributed by atoms with van der Waals surface area (Å²) in [5.74, 6) is 0. The van der Waals surface area contributed by atoms with Gasteiger partial charge in [0.2, 0.25) is 0 Å². The van der Waals surface area contributed by atoms with Crippen molar-refractivity contribution < 1.29 is 42.5 Å². The van der Waals surface area contributed by atoms with Crippen molar-refractivity contribution in [1.82, 2.24) is 14.5 Å². The highest BCUT2D eigenvalue weighted by atomic mass is 31.3. The van der Waals surface area contributed by atoms with Crippen LogP contribution < -0.4 is 17.0 Å². The Morgan fingerprint density at radius 3 is 2.16 bits per heavy atom. The molecule has 2 heterocycles. The van der Waals surface area contributed by atoms with Gasteiger partial charge in [-0.25, -0.2) is 13.9 Å². The fourth-order valence-corrected chi connectivity index (χ4v) is 4.71. The van der Waals surface area contributed by atoms with E-state index in [9.17, 15) is 28.7 Å². The first kappa shape index (κ1) is 28.8. The van der Waals surface area contributed by atoms with E-state index in [1.54, 1.807) is 0 Å². The van der Waals surface area contributed by atoms with Crippen LogP contribution >= 0.6 is 15.6 Å². The lowest BCUT2D eigenvalue weighted by atomic mass is 10.1. The van der Waals surface area contributed by atoms with Gasteiger partial charge in [0, 0.05) is 12.3 Å². The zero-order chi connectivity index (χ0) is 24.7. The van der Waals surface area contributed by atoms with Gasteiger partial charge in [-0.1, -0.05) is 20.8 Å². The quantitative estimate of drug-likeness (QED) is 0.215. The molecule has 1 saturated heterocycles. The van der Waals surface area contributed by atoms with Crippen LogP contribution in [0.3, 0.4) is 0 Å². The largest absolute Gasteiger partial charge is 0.481 e. The number of hydrogen-bond acceptors (Lipinski definition) is 10. The number of rotatable bonds is 9. The highest BCUT2D eigenvalue weighted by molar-refractivity contribution is 7.60. The van der Waals surface area contributed by atoms with Crippen LogP contribution in [0.4, 0.5) is 0 Å². The molecule has 32 heavy (non-hydrogen) atoms. The Kier molecular flexibility index (Phi) is 11.1. The Morgan fingerprint density at radius 1 is 1.19 bits per heavy atom. The fourth-order valence-electron chi connectivity index (χ4n) is 2.90. The number of phosphoric acid groups is 2. The molecule has 1 fully saturated rings. The third kappa shape index (κ3) is 8.61. The molecule has 0 radical (unpaired) electrons. The van der Waals surface area contributed by atoms with Gasteiger partial charge in [-0.05, 0) is 19.6 Å². The molecule has 7 N–H and O–H groups in total. The monoisotopic (exact) mass is 504 g/mol. The number of aromatic nitrogens is 2. The molecule has 5 atom stereocenters. The molecule has 1 aromatic rings. The molecular formula is C15H30N4O11P2. The van der Waals surface area contributed by atoms with Gasteiger partial charge in [0.1, 0.15) is 12.2 Å². The van der Waals surface area contributed by atoms with Crippen molar-refractivity contribution in [1.29, 1.82) is 0 Å². The highest BCUT2D eigenvalue weighted by Crippen LogP contribution is 2.59. The average Bonchev–Trinajstić information content (AvgIpc) is 2.97. The molecule has 0 spiro atoms. The van der Waals surface area contributed by atoms with E-state index in [-0.39, 0.29) is 0 Å². The Bertz CT molecular complexity index is 923. The van der Waals surface area contributed by atoms with E-state index in [0.29, 0.717) is 0 Å². The van der Waals surface area contributed by atoms with Gasteiger partial charge in [-0.15, -0.1) is 0 Å². The summed E-state index contributed by atoms with van der Waals surface area (Å²) in [5.41, 5.74) is 4.22. The molecule has 2 rings (SSSR count). The molecule has 1 aliphatic rings. The first-order valence-corrected chi connectivity index (χ1v) is 12.6. The number of ether oxygens (including phenoxy) is 1. The first-order chi connectivity index (χ1) is 14.8. The Balaban J connectivity index is 0.000000633. The highest BCUT2D eigenvalue weighted by Gasteiger charge is 2.49. The topological polar surface area (TPSA) is 227 Å². The predicted octanol–water partition coefficient (Wildman–Crippen LogP) is -1.30. The van der Waals surface area contributed by atoms with Crippen LogP contribution in [-0.4, -0.2) is 78.7 Å². The molecule has 0 aromatic carbocycles. The van der Waals surface area contributed by atoms with Gasteiger partial charge in [0.15, 0.2) is 6.23 Å². The molecule has 0 bridgehead atoms. The third-order valence-electron chi connectivity index (χ3n) is 4.50. The summed E-state index contributed by atoms with van der Waals surface area (Å²) in [7, 11) is -10.6. The maximum absolute atomic E-state index is 11.8. The second-order valence-corrected chi connectivity index (χ2v) is 9.36. The lowest BCUT2D eigenvalue weighted by Crippen LogP contribution is -2.43. The number of nitrogens with one attached hydrogen (secondary N) is 1. The zero-order valence-corrected chi connectivity index (χ0v) is 19.6. The minimum absolute atomic E-state index is 0.686. The van der Waals surface area contributed by atoms with E-state index in [4.69, 9.17) is 20.3 Å². The van der Waals surface area contributed by atoms with Gasteiger partial charge in [-0.2, -0.15) is 4.31 Å². The molecule has 1 aliphatic heterocycles. The van der Waals surface area contributed by atoms with Crippen molar-refractivity contribution in [3.63, 3.8) is 0 Å². The Labute approximate surface area is 183 Å². The lowest BCUT2D eigenvalue weighted by Gasteiger charge is -2.23. The number of aliphatic hydroxyl groups excluding tert-OH is 1. The van der Waals surface area contributed by atoms with Crippen molar-refractivity contribution >= 4 is 15.6 Å². The van der Waals surface area contributed by atoms with Crippen LogP contribution in [0.25, 0.3) is 0 Å². The van der Waals surface area contributed by atoms with Crippen LogP contribution in [0.2, 0.25) is 0 Å². The molecule has 0 saturated carbocycles. The van der Waals surface area contributed by atoms with Crippen molar-refractivity contribution in [3.8, 4) is 0 Å². The number of nitrogens with two attached hydrogens (primary N) is 1. The Morgan fingerprint density at radius 2 is 1.75 bits per heavy atom. The van der Waals surface area contributed by atoms with E-state index in [1.165, 1.54) is 19.6 Å². The molecule has 186 valence electrons. The number of aliphatic hydroxyl groups is 1. The molecule has 17 heteroatoms. The van der Waals surface area contributed by atoms with Crippen LogP contribution in [0.1, 0.15) is 27.0 Å². The molecule has 0 amide bonds. The summed E-state index contributed by atoms with van der Waals surface area (Å²) >= 11 is 0. The minimum atomic E-state index is -5.36. The molecule has 1 aromatic heterocycles. The van der Waals surface area contributed by atoms with Crippen molar-refractivity contribution in [3.05, 3.63) is 33.1 Å². The Hall–Kier alpha value is -1.22. The summed E-state index contributed by atoms with van der Waals surface area (Å²) in [6.45, 7) is 9.36. The van der Waals surface area contributed by atoms with Gasteiger partial charge in [-0.3, -0.25) is 18.9 Å². The van der Waals surface area contributed by atoms with Crippen molar-refractivity contribution in [2.24, 2.45) is 5.73 Å². The summed E-state index contributed by atoms with van der Waals surface area (Å²) in [4.78, 5) is 53.8. The standard InChI is InChI=1S/C9H15N3O11P2.C6H15N/c10-6-7(22-25(19,20)23-24(16,17)18)4(3-13)21-8(6)12-2-1-5(14)11-9(12)15;1-4-7(5-2)6-3/h1-2,4,6-8,13H,3,10H2,(H,19,20)(H,11,14,15)(H2,16,17,18);4-6H2,1-3H3/t4-,6-,7-,8-;/m1./s1. The number of aromatic amines is 1. The normalized spacial score (nSPS) is 25.3. The zero-order valence-electron chi connectivity index (χ0n) is 17.8. The van der Waals surface area contributed by atoms with Crippen molar-refractivity contribution in [2.75, 3.05) is 26.2 Å². The first-order valence-electron chi connectivity index (χ1n) is 9.62. The van der Waals surface area contributed by atoms with Gasteiger partial charge in [0.05, 0.1) is 12.6 Å². The minimum Gasteiger partial charge on any atom is -0.394 e. The van der Waals surface area contributed by atoms with Gasteiger partial charge < -0.3 is 35.2 Å². The van der Waals surface area contributed by atoms with E-state index < -0.39 is 58.0 Å².